The van der Waals surface area contributed by atoms with Crippen LogP contribution in [0.4, 0.5) is 5.82 Å². The lowest BCUT2D eigenvalue weighted by Crippen LogP contribution is -2.26. The van der Waals surface area contributed by atoms with Crippen LogP contribution in [0.5, 0.6) is 0 Å². The normalized spacial score (nSPS) is 14.6. The number of carbonyl (C=O) groups excluding carboxylic acids is 1. The monoisotopic (exact) mass is 362 g/mol. The Bertz CT molecular complexity index is 738. The molecule has 0 bridgehead atoms. The highest BCUT2D eigenvalue weighted by atomic mass is 32.2. The first-order chi connectivity index (χ1) is 12.1. The van der Waals surface area contributed by atoms with Crippen LogP contribution in [0.2, 0.25) is 0 Å². The van der Waals surface area contributed by atoms with Gasteiger partial charge in [-0.05, 0) is 12.8 Å². The number of carbonyl (C=O) groups is 1. The highest BCUT2D eigenvalue weighted by Gasteiger charge is 2.21. The largest absolute Gasteiger partial charge is 0.356 e. The van der Waals surface area contributed by atoms with Crippen LogP contribution in [0.3, 0.4) is 0 Å². The molecule has 0 spiro atoms. The maximum Gasteiger partial charge on any atom is 0.219 e. The smallest absolute Gasteiger partial charge is 0.219 e. The SMILES string of the molecule is CCC(=O)NCCn1ncc2c(N3CCCC3)nc(SC(C)C)nc21. The molecule has 136 valence electrons. The standard InChI is InChI=1S/C17H26N6OS/c1-4-14(24)18-7-10-23-16-13(11-19-23)15(22-8-5-6-9-22)20-17(21-16)25-12(2)3/h11-12H,4-10H2,1-3H3,(H,18,24). The lowest BCUT2D eigenvalue weighted by Gasteiger charge is -2.18. The number of amides is 1. The maximum absolute atomic E-state index is 11.4. The Labute approximate surface area is 152 Å². The van der Waals surface area contributed by atoms with Gasteiger partial charge in [-0.2, -0.15) is 5.10 Å². The highest BCUT2D eigenvalue weighted by Crippen LogP contribution is 2.30. The predicted octanol–water partition coefficient (Wildman–Crippen LogP) is 2.45. The third-order valence-electron chi connectivity index (χ3n) is 4.17. The van der Waals surface area contributed by atoms with Gasteiger partial charge in [0.1, 0.15) is 5.82 Å². The van der Waals surface area contributed by atoms with Crippen molar-refractivity contribution in [2.75, 3.05) is 24.5 Å². The Hall–Kier alpha value is -1.83. The molecule has 25 heavy (non-hydrogen) atoms. The van der Waals surface area contributed by atoms with Gasteiger partial charge in [0.05, 0.1) is 18.1 Å². The van der Waals surface area contributed by atoms with Crippen LogP contribution >= 0.6 is 11.8 Å². The minimum absolute atomic E-state index is 0.0555. The van der Waals surface area contributed by atoms with Crippen molar-refractivity contribution in [2.45, 2.75) is 57.0 Å². The quantitative estimate of drug-likeness (QED) is 0.602. The minimum Gasteiger partial charge on any atom is -0.356 e. The summed E-state index contributed by atoms with van der Waals surface area (Å²) < 4.78 is 1.87. The molecule has 0 aliphatic carbocycles. The first kappa shape index (κ1) is 18.0. The van der Waals surface area contributed by atoms with E-state index in [4.69, 9.17) is 9.97 Å². The number of hydrogen-bond acceptors (Lipinski definition) is 6. The Morgan fingerprint density at radius 2 is 2.08 bits per heavy atom. The predicted molar refractivity (Wildman–Crippen MR) is 101 cm³/mol. The molecule has 0 unspecified atom stereocenters. The first-order valence-electron chi connectivity index (χ1n) is 9.00. The van der Waals surface area contributed by atoms with Gasteiger partial charge in [-0.25, -0.2) is 14.6 Å². The van der Waals surface area contributed by atoms with Crippen molar-refractivity contribution in [1.29, 1.82) is 0 Å². The molecule has 0 saturated carbocycles. The minimum atomic E-state index is 0.0555. The lowest BCUT2D eigenvalue weighted by atomic mass is 10.3. The Morgan fingerprint density at radius 3 is 2.76 bits per heavy atom. The fourth-order valence-corrected chi connectivity index (χ4v) is 3.64. The van der Waals surface area contributed by atoms with Crippen LogP contribution in [0.15, 0.2) is 11.4 Å². The van der Waals surface area contributed by atoms with Gasteiger partial charge in [-0.15, -0.1) is 0 Å². The van der Waals surface area contributed by atoms with Crippen LogP contribution in [0.25, 0.3) is 11.0 Å². The summed E-state index contributed by atoms with van der Waals surface area (Å²) in [5, 5.41) is 9.60. The molecular formula is C17H26N6OS. The molecule has 1 saturated heterocycles. The van der Waals surface area contributed by atoms with Crippen molar-refractivity contribution in [1.82, 2.24) is 25.1 Å². The van der Waals surface area contributed by atoms with E-state index in [0.717, 1.165) is 35.1 Å². The Morgan fingerprint density at radius 1 is 1.32 bits per heavy atom. The third-order valence-corrected chi connectivity index (χ3v) is 5.03. The van der Waals surface area contributed by atoms with Crippen molar-refractivity contribution in [2.24, 2.45) is 0 Å². The summed E-state index contributed by atoms with van der Waals surface area (Å²) in [5.41, 5.74) is 0.853. The van der Waals surface area contributed by atoms with Gasteiger partial charge in [0.25, 0.3) is 0 Å². The van der Waals surface area contributed by atoms with Crippen molar-refractivity contribution < 1.29 is 4.79 Å². The number of fused-ring (bicyclic) bond motifs is 1. The molecule has 1 aliphatic rings. The van der Waals surface area contributed by atoms with Gasteiger partial charge in [-0.1, -0.05) is 32.5 Å². The van der Waals surface area contributed by atoms with Gasteiger partial charge >= 0.3 is 0 Å². The van der Waals surface area contributed by atoms with E-state index in [2.05, 4.69) is 29.2 Å². The van der Waals surface area contributed by atoms with Gasteiger partial charge in [0, 0.05) is 31.3 Å². The zero-order chi connectivity index (χ0) is 17.8. The average molecular weight is 363 g/mol. The molecular weight excluding hydrogens is 336 g/mol. The summed E-state index contributed by atoms with van der Waals surface area (Å²) in [6, 6.07) is 0. The number of aromatic nitrogens is 4. The number of hydrogen-bond donors (Lipinski definition) is 1. The van der Waals surface area contributed by atoms with Crippen LogP contribution in [0, 0.1) is 0 Å². The van der Waals surface area contributed by atoms with E-state index in [1.54, 1.807) is 11.8 Å². The van der Waals surface area contributed by atoms with E-state index in [9.17, 15) is 4.79 Å². The number of anilines is 1. The van der Waals surface area contributed by atoms with E-state index in [0.29, 0.717) is 24.8 Å². The summed E-state index contributed by atoms with van der Waals surface area (Å²) in [4.78, 5) is 23.3. The highest BCUT2D eigenvalue weighted by molar-refractivity contribution is 7.99. The van der Waals surface area contributed by atoms with Crippen molar-refractivity contribution >= 4 is 34.5 Å². The Balaban J connectivity index is 1.90. The first-order valence-corrected chi connectivity index (χ1v) is 9.88. The molecule has 3 rings (SSSR count). The molecule has 7 nitrogen and oxygen atoms in total. The van der Waals surface area contributed by atoms with Crippen LogP contribution in [-0.2, 0) is 11.3 Å². The molecule has 2 aromatic heterocycles. The lowest BCUT2D eigenvalue weighted by molar-refractivity contribution is -0.120. The number of thioether (sulfide) groups is 1. The molecule has 3 heterocycles. The van der Waals surface area contributed by atoms with E-state index in [1.807, 2.05) is 17.8 Å². The fourth-order valence-electron chi connectivity index (χ4n) is 2.94. The van der Waals surface area contributed by atoms with Crippen molar-refractivity contribution in [3.8, 4) is 0 Å². The second kappa shape index (κ2) is 8.03. The van der Waals surface area contributed by atoms with E-state index in [-0.39, 0.29) is 5.91 Å². The molecule has 2 aromatic rings. The number of nitrogens with zero attached hydrogens (tertiary/aromatic N) is 5. The van der Waals surface area contributed by atoms with Gasteiger partial charge < -0.3 is 10.2 Å². The van der Waals surface area contributed by atoms with Gasteiger partial charge in [0.2, 0.25) is 5.91 Å². The average Bonchev–Trinajstić information content (AvgIpc) is 3.23. The van der Waals surface area contributed by atoms with Crippen LogP contribution in [-0.4, -0.2) is 50.5 Å². The number of nitrogens with one attached hydrogen (secondary N) is 1. The topological polar surface area (TPSA) is 75.9 Å². The van der Waals surface area contributed by atoms with Crippen LogP contribution in [0.1, 0.15) is 40.0 Å². The second-order valence-corrected chi connectivity index (χ2v) is 8.04. The molecule has 0 aromatic carbocycles. The summed E-state index contributed by atoms with van der Waals surface area (Å²) >= 11 is 1.67. The van der Waals surface area contributed by atoms with E-state index in [1.165, 1.54) is 12.8 Å². The zero-order valence-electron chi connectivity index (χ0n) is 15.2. The van der Waals surface area contributed by atoms with Crippen LogP contribution < -0.4 is 10.2 Å². The summed E-state index contributed by atoms with van der Waals surface area (Å²) in [6.45, 7) is 9.38. The third kappa shape index (κ3) is 4.23. The molecule has 1 fully saturated rings. The molecule has 0 atom stereocenters. The maximum atomic E-state index is 11.4. The number of rotatable bonds is 7. The summed E-state index contributed by atoms with van der Waals surface area (Å²) in [5.74, 6) is 1.05. The summed E-state index contributed by atoms with van der Waals surface area (Å²) in [6.07, 6.45) is 4.76. The molecule has 1 amide bonds. The molecule has 1 aliphatic heterocycles. The van der Waals surface area contributed by atoms with Crippen molar-refractivity contribution in [3.05, 3.63) is 6.20 Å². The van der Waals surface area contributed by atoms with E-state index < -0.39 is 0 Å². The molecule has 8 heteroatoms. The second-order valence-electron chi connectivity index (χ2n) is 6.50. The van der Waals surface area contributed by atoms with Gasteiger partial charge in [-0.3, -0.25) is 4.79 Å². The fraction of sp³-hybridized carbons (Fsp3) is 0.647. The zero-order valence-corrected chi connectivity index (χ0v) is 16.0. The van der Waals surface area contributed by atoms with Gasteiger partial charge in [0.15, 0.2) is 10.8 Å². The molecule has 1 N–H and O–H groups in total. The Kier molecular flexibility index (Phi) is 5.78. The van der Waals surface area contributed by atoms with Crippen molar-refractivity contribution in [3.63, 3.8) is 0 Å². The van der Waals surface area contributed by atoms with E-state index >= 15 is 0 Å². The summed E-state index contributed by atoms with van der Waals surface area (Å²) in [7, 11) is 0. The molecule has 0 radical (unpaired) electrons.